The lowest BCUT2D eigenvalue weighted by molar-refractivity contribution is -0.131. The predicted molar refractivity (Wildman–Crippen MR) is 110 cm³/mol. The van der Waals surface area contributed by atoms with Crippen LogP contribution >= 0.6 is 0 Å². The number of pyridine rings is 1. The van der Waals surface area contributed by atoms with Gasteiger partial charge in [0.1, 0.15) is 5.82 Å². The number of carbonyl (C=O) groups is 2. The van der Waals surface area contributed by atoms with E-state index in [0.717, 1.165) is 0 Å². The van der Waals surface area contributed by atoms with Crippen molar-refractivity contribution in [2.75, 3.05) is 16.6 Å². The van der Waals surface area contributed by atoms with Gasteiger partial charge in [0, 0.05) is 30.4 Å². The number of hydrogen-bond donors (Lipinski definition) is 2. The van der Waals surface area contributed by atoms with Crippen molar-refractivity contribution in [1.29, 1.82) is 0 Å². The van der Waals surface area contributed by atoms with Crippen molar-refractivity contribution >= 4 is 33.3 Å². The van der Waals surface area contributed by atoms with Crippen LogP contribution < -0.4 is 10.0 Å². The van der Waals surface area contributed by atoms with Crippen LogP contribution in [0.15, 0.2) is 53.6 Å². The first-order valence-electron chi connectivity index (χ1n) is 9.21. The summed E-state index contributed by atoms with van der Waals surface area (Å²) in [7, 11) is -3.78. The van der Waals surface area contributed by atoms with Gasteiger partial charge in [0.2, 0.25) is 11.8 Å². The molecule has 1 aromatic heterocycles. The molecule has 0 spiro atoms. The van der Waals surface area contributed by atoms with Crippen molar-refractivity contribution < 1.29 is 18.0 Å². The zero-order chi connectivity index (χ0) is 21.2. The van der Waals surface area contributed by atoms with Crippen LogP contribution in [0, 0.1) is 5.92 Å². The number of aromatic nitrogens is 1. The Morgan fingerprint density at radius 2 is 1.83 bits per heavy atom. The van der Waals surface area contributed by atoms with E-state index >= 15 is 0 Å². The van der Waals surface area contributed by atoms with Gasteiger partial charge in [0.25, 0.3) is 10.0 Å². The molecule has 1 unspecified atom stereocenters. The molecule has 2 amide bonds. The number of nitrogens with one attached hydrogen (secondary N) is 2. The third-order valence-electron chi connectivity index (χ3n) is 4.64. The maximum Gasteiger partial charge on any atom is 0.263 e. The SMILES string of the molecule is CC(C)(C)N1CC(C(=O)Nc2ccc(S(=O)(=O)Nc3ccccn3)cc2)CC1=O. The summed E-state index contributed by atoms with van der Waals surface area (Å²) in [5.74, 6) is -0.512. The van der Waals surface area contributed by atoms with Gasteiger partial charge in [0.05, 0.1) is 10.8 Å². The average Bonchev–Trinajstić information content (AvgIpc) is 3.05. The second kappa shape index (κ2) is 7.82. The second-order valence-electron chi connectivity index (χ2n) is 7.91. The zero-order valence-corrected chi connectivity index (χ0v) is 17.4. The molecule has 1 fully saturated rings. The van der Waals surface area contributed by atoms with E-state index in [9.17, 15) is 18.0 Å². The van der Waals surface area contributed by atoms with E-state index in [-0.39, 0.29) is 34.5 Å². The fourth-order valence-corrected chi connectivity index (χ4v) is 4.12. The minimum atomic E-state index is -3.78. The third-order valence-corrected chi connectivity index (χ3v) is 6.01. The Hall–Kier alpha value is -2.94. The van der Waals surface area contributed by atoms with Crippen LogP contribution in [-0.4, -0.2) is 42.2 Å². The highest BCUT2D eigenvalue weighted by molar-refractivity contribution is 7.92. The largest absolute Gasteiger partial charge is 0.337 e. The molecular weight excluding hydrogens is 392 g/mol. The molecular formula is C20H24N4O4S. The molecule has 9 heteroatoms. The number of sulfonamides is 1. The summed E-state index contributed by atoms with van der Waals surface area (Å²) in [5, 5.41) is 2.76. The van der Waals surface area contributed by atoms with E-state index in [0.29, 0.717) is 12.2 Å². The zero-order valence-electron chi connectivity index (χ0n) is 16.5. The maximum atomic E-state index is 12.5. The Morgan fingerprint density at radius 1 is 1.14 bits per heavy atom. The standard InChI is InChI=1S/C20H24N4O4S/c1-20(2,3)24-13-14(12-18(24)25)19(26)22-15-7-9-16(10-8-15)29(27,28)23-17-6-4-5-11-21-17/h4-11,14H,12-13H2,1-3H3,(H,21,23)(H,22,26). The van der Waals surface area contributed by atoms with Gasteiger partial charge in [0.15, 0.2) is 0 Å². The van der Waals surface area contributed by atoms with Crippen LogP contribution in [0.5, 0.6) is 0 Å². The molecule has 1 aliphatic heterocycles. The van der Waals surface area contributed by atoms with Gasteiger partial charge in [-0.15, -0.1) is 0 Å². The molecule has 0 bridgehead atoms. The minimum absolute atomic E-state index is 0.0420. The highest BCUT2D eigenvalue weighted by atomic mass is 32.2. The summed E-state index contributed by atoms with van der Waals surface area (Å²) in [6.45, 7) is 6.17. The van der Waals surface area contributed by atoms with Gasteiger partial charge in [-0.05, 0) is 57.2 Å². The molecule has 29 heavy (non-hydrogen) atoms. The van der Waals surface area contributed by atoms with Crippen molar-refractivity contribution in [1.82, 2.24) is 9.88 Å². The summed E-state index contributed by atoms with van der Waals surface area (Å²) in [5.41, 5.74) is 0.136. The molecule has 2 aromatic rings. The average molecular weight is 417 g/mol. The van der Waals surface area contributed by atoms with Crippen molar-refractivity contribution in [3.63, 3.8) is 0 Å². The topological polar surface area (TPSA) is 108 Å². The molecule has 0 saturated carbocycles. The van der Waals surface area contributed by atoms with Crippen molar-refractivity contribution in [3.05, 3.63) is 48.7 Å². The van der Waals surface area contributed by atoms with E-state index in [1.165, 1.54) is 30.5 Å². The third kappa shape index (κ3) is 4.92. The van der Waals surface area contributed by atoms with E-state index in [4.69, 9.17) is 0 Å². The van der Waals surface area contributed by atoms with Gasteiger partial charge in [-0.2, -0.15) is 0 Å². The number of hydrogen-bond acceptors (Lipinski definition) is 5. The van der Waals surface area contributed by atoms with Crippen LogP contribution in [0.3, 0.4) is 0 Å². The summed E-state index contributed by atoms with van der Waals surface area (Å²) < 4.78 is 27.3. The Kier molecular flexibility index (Phi) is 5.61. The second-order valence-corrected chi connectivity index (χ2v) is 9.59. The predicted octanol–water partition coefficient (Wildman–Crippen LogP) is 2.47. The Bertz CT molecular complexity index is 999. The van der Waals surface area contributed by atoms with Gasteiger partial charge < -0.3 is 10.2 Å². The normalized spacial score (nSPS) is 17.3. The summed E-state index contributed by atoms with van der Waals surface area (Å²) in [4.78, 5) is 30.4. The quantitative estimate of drug-likeness (QED) is 0.778. The molecule has 1 aliphatic rings. The first-order chi connectivity index (χ1) is 13.6. The molecule has 0 radical (unpaired) electrons. The molecule has 154 valence electrons. The molecule has 0 aliphatic carbocycles. The van der Waals surface area contributed by atoms with E-state index < -0.39 is 15.9 Å². The number of likely N-dealkylation sites (tertiary alicyclic amines) is 1. The number of anilines is 2. The van der Waals surface area contributed by atoms with Crippen LogP contribution in [0.25, 0.3) is 0 Å². The molecule has 2 heterocycles. The summed E-state index contributed by atoms with van der Waals surface area (Å²) in [6.07, 6.45) is 1.66. The molecule has 1 saturated heterocycles. The highest BCUT2D eigenvalue weighted by Crippen LogP contribution is 2.27. The number of amides is 2. The Balaban J connectivity index is 1.65. The van der Waals surface area contributed by atoms with Gasteiger partial charge in [-0.25, -0.2) is 13.4 Å². The number of carbonyl (C=O) groups excluding carboxylic acids is 2. The van der Waals surface area contributed by atoms with Crippen molar-refractivity contribution in [3.8, 4) is 0 Å². The van der Waals surface area contributed by atoms with Gasteiger partial charge >= 0.3 is 0 Å². The van der Waals surface area contributed by atoms with Gasteiger partial charge in [-0.3, -0.25) is 14.3 Å². The first kappa shape index (κ1) is 20.8. The lowest BCUT2D eigenvalue weighted by Crippen LogP contribution is -2.42. The number of nitrogens with zero attached hydrogens (tertiary/aromatic N) is 2. The van der Waals surface area contributed by atoms with Crippen LogP contribution in [0.1, 0.15) is 27.2 Å². The smallest absolute Gasteiger partial charge is 0.263 e. The molecule has 8 nitrogen and oxygen atoms in total. The van der Waals surface area contributed by atoms with Gasteiger partial charge in [-0.1, -0.05) is 6.07 Å². The van der Waals surface area contributed by atoms with Crippen molar-refractivity contribution in [2.24, 2.45) is 5.92 Å². The fraction of sp³-hybridized carbons (Fsp3) is 0.350. The van der Waals surface area contributed by atoms with Crippen LogP contribution in [0.4, 0.5) is 11.5 Å². The van der Waals surface area contributed by atoms with Crippen molar-refractivity contribution in [2.45, 2.75) is 37.6 Å². The van der Waals surface area contributed by atoms with E-state index in [2.05, 4.69) is 15.0 Å². The lowest BCUT2D eigenvalue weighted by Gasteiger charge is -2.31. The summed E-state index contributed by atoms with van der Waals surface area (Å²) in [6, 6.07) is 10.8. The Morgan fingerprint density at radius 3 is 2.38 bits per heavy atom. The molecule has 1 atom stereocenters. The number of rotatable bonds is 5. The number of benzene rings is 1. The summed E-state index contributed by atoms with van der Waals surface area (Å²) >= 11 is 0. The lowest BCUT2D eigenvalue weighted by atomic mass is 10.1. The molecule has 1 aromatic carbocycles. The van der Waals surface area contributed by atoms with E-state index in [1.807, 2.05) is 20.8 Å². The van der Waals surface area contributed by atoms with Crippen LogP contribution in [0.2, 0.25) is 0 Å². The minimum Gasteiger partial charge on any atom is -0.337 e. The maximum absolute atomic E-state index is 12.5. The monoisotopic (exact) mass is 416 g/mol. The highest BCUT2D eigenvalue weighted by Gasteiger charge is 2.39. The molecule has 2 N–H and O–H groups in total. The van der Waals surface area contributed by atoms with Crippen LogP contribution in [-0.2, 0) is 19.6 Å². The molecule has 3 rings (SSSR count). The fourth-order valence-electron chi connectivity index (χ4n) is 3.11. The Labute approximate surface area is 170 Å². The van der Waals surface area contributed by atoms with E-state index in [1.54, 1.807) is 23.1 Å². The first-order valence-corrected chi connectivity index (χ1v) is 10.7.